The van der Waals surface area contributed by atoms with Gasteiger partial charge >= 0.3 is 11.9 Å². The minimum Gasteiger partial charge on any atom is -0.493 e. The van der Waals surface area contributed by atoms with Crippen molar-refractivity contribution in [2.45, 2.75) is 0 Å². The highest BCUT2D eigenvalue weighted by Crippen LogP contribution is 2.35. The number of nitro groups is 1. The lowest BCUT2D eigenvalue weighted by atomic mass is 10.1. The molecule has 0 unspecified atom stereocenters. The normalized spacial score (nSPS) is 9.57. The number of nitro benzene ring substituents is 1. The lowest BCUT2D eigenvalue weighted by molar-refractivity contribution is -0.385. The second-order valence-electron chi connectivity index (χ2n) is 4.06. The van der Waals surface area contributed by atoms with E-state index in [4.69, 9.17) is 9.47 Å². The summed E-state index contributed by atoms with van der Waals surface area (Å²) in [6.07, 6.45) is 0.998. The number of methoxy groups -OCH3 is 4. The summed E-state index contributed by atoms with van der Waals surface area (Å²) in [4.78, 5) is 33.8. The first kappa shape index (κ1) is 18.0. The molecule has 0 N–H and O–H groups in total. The maximum absolute atomic E-state index is 11.7. The smallest absolute Gasteiger partial charge is 0.345 e. The molecule has 23 heavy (non-hydrogen) atoms. The molecular weight excluding hydrogens is 310 g/mol. The number of hydrogen-bond acceptors (Lipinski definition) is 8. The van der Waals surface area contributed by atoms with E-state index in [1.807, 2.05) is 0 Å². The molecule has 9 nitrogen and oxygen atoms in total. The van der Waals surface area contributed by atoms with Crippen molar-refractivity contribution in [2.24, 2.45) is 0 Å². The Labute approximate surface area is 131 Å². The molecule has 0 radical (unpaired) electrons. The molecule has 124 valence electrons. The van der Waals surface area contributed by atoms with Gasteiger partial charge < -0.3 is 18.9 Å². The first-order valence-electron chi connectivity index (χ1n) is 6.18. The molecule has 0 aliphatic rings. The second kappa shape index (κ2) is 7.78. The SMILES string of the molecule is COC(=O)C(=Cc1cc(OC)c(OC)cc1[N+](=O)[O-])C(=O)OC. The molecule has 0 aromatic heterocycles. The summed E-state index contributed by atoms with van der Waals surface area (Å²) in [6.45, 7) is 0. The number of esters is 2. The Bertz CT molecular complexity index is 647. The maximum Gasteiger partial charge on any atom is 0.345 e. The third-order valence-corrected chi connectivity index (χ3v) is 2.84. The van der Waals surface area contributed by atoms with Gasteiger partial charge in [-0.3, -0.25) is 10.1 Å². The van der Waals surface area contributed by atoms with E-state index in [1.165, 1.54) is 20.3 Å². The van der Waals surface area contributed by atoms with Crippen molar-refractivity contribution in [3.05, 3.63) is 33.4 Å². The van der Waals surface area contributed by atoms with E-state index in [-0.39, 0.29) is 22.7 Å². The molecule has 0 saturated heterocycles. The van der Waals surface area contributed by atoms with E-state index in [0.717, 1.165) is 26.4 Å². The zero-order valence-electron chi connectivity index (χ0n) is 12.9. The van der Waals surface area contributed by atoms with Crippen LogP contribution in [-0.4, -0.2) is 45.3 Å². The zero-order chi connectivity index (χ0) is 17.6. The summed E-state index contributed by atoms with van der Waals surface area (Å²) < 4.78 is 19.0. The summed E-state index contributed by atoms with van der Waals surface area (Å²) in [5.74, 6) is -1.64. The van der Waals surface area contributed by atoms with Crippen LogP contribution in [0.5, 0.6) is 11.5 Å². The fraction of sp³-hybridized carbons (Fsp3) is 0.286. The van der Waals surface area contributed by atoms with Crippen molar-refractivity contribution in [1.82, 2.24) is 0 Å². The van der Waals surface area contributed by atoms with Gasteiger partial charge in [-0.1, -0.05) is 0 Å². The van der Waals surface area contributed by atoms with Gasteiger partial charge in [0.25, 0.3) is 5.69 Å². The molecule has 0 aliphatic carbocycles. The van der Waals surface area contributed by atoms with Crippen molar-refractivity contribution in [2.75, 3.05) is 28.4 Å². The van der Waals surface area contributed by atoms with Crippen molar-refractivity contribution in [3.63, 3.8) is 0 Å². The Morgan fingerprint density at radius 1 is 1.00 bits per heavy atom. The Morgan fingerprint density at radius 3 is 1.87 bits per heavy atom. The molecule has 1 aromatic rings. The highest BCUT2D eigenvalue weighted by molar-refractivity contribution is 6.17. The number of carbonyl (C=O) groups excluding carboxylic acids is 2. The lowest BCUT2D eigenvalue weighted by Crippen LogP contribution is -2.15. The van der Waals surface area contributed by atoms with Gasteiger partial charge in [0.1, 0.15) is 5.57 Å². The van der Waals surface area contributed by atoms with Crippen molar-refractivity contribution < 1.29 is 33.5 Å². The monoisotopic (exact) mass is 325 g/mol. The van der Waals surface area contributed by atoms with Crippen LogP contribution < -0.4 is 9.47 Å². The molecule has 0 fully saturated rings. The van der Waals surface area contributed by atoms with E-state index in [0.29, 0.717) is 0 Å². The lowest BCUT2D eigenvalue weighted by Gasteiger charge is -2.09. The largest absolute Gasteiger partial charge is 0.493 e. The van der Waals surface area contributed by atoms with Crippen LogP contribution in [0.25, 0.3) is 6.08 Å². The molecule has 1 aromatic carbocycles. The van der Waals surface area contributed by atoms with Crippen LogP contribution in [0.3, 0.4) is 0 Å². The minimum atomic E-state index is -0.985. The molecule has 0 aliphatic heterocycles. The Kier molecular flexibility index (Phi) is 6.07. The van der Waals surface area contributed by atoms with Crippen LogP contribution in [0.4, 0.5) is 5.69 Å². The molecule has 0 bridgehead atoms. The van der Waals surface area contributed by atoms with Crippen molar-refractivity contribution in [1.29, 1.82) is 0 Å². The molecule has 0 atom stereocenters. The quantitative estimate of drug-likeness (QED) is 0.192. The van der Waals surface area contributed by atoms with Gasteiger partial charge in [0, 0.05) is 0 Å². The van der Waals surface area contributed by atoms with E-state index >= 15 is 0 Å². The van der Waals surface area contributed by atoms with Crippen LogP contribution in [0.1, 0.15) is 5.56 Å². The summed E-state index contributed by atoms with van der Waals surface area (Å²) in [7, 11) is 4.81. The van der Waals surface area contributed by atoms with E-state index < -0.39 is 22.4 Å². The number of carbonyl (C=O) groups is 2. The van der Waals surface area contributed by atoms with Crippen molar-refractivity contribution in [3.8, 4) is 11.5 Å². The first-order valence-corrected chi connectivity index (χ1v) is 6.18. The predicted octanol–water partition coefficient (Wildman–Crippen LogP) is 1.34. The second-order valence-corrected chi connectivity index (χ2v) is 4.06. The number of benzene rings is 1. The summed E-state index contributed by atoms with van der Waals surface area (Å²) in [5, 5.41) is 11.2. The van der Waals surface area contributed by atoms with Crippen LogP contribution in [0.2, 0.25) is 0 Å². The van der Waals surface area contributed by atoms with Gasteiger partial charge in [0.15, 0.2) is 11.5 Å². The molecule has 0 amide bonds. The van der Waals surface area contributed by atoms with Gasteiger partial charge in [-0.2, -0.15) is 0 Å². The van der Waals surface area contributed by atoms with Crippen LogP contribution in [-0.2, 0) is 19.1 Å². The number of hydrogen-bond donors (Lipinski definition) is 0. The topological polar surface area (TPSA) is 114 Å². The molecule has 0 heterocycles. The van der Waals surface area contributed by atoms with Crippen molar-refractivity contribution >= 4 is 23.7 Å². The van der Waals surface area contributed by atoms with E-state index in [1.54, 1.807) is 0 Å². The van der Waals surface area contributed by atoms with Crippen LogP contribution in [0, 0.1) is 10.1 Å². The summed E-state index contributed by atoms with van der Waals surface area (Å²) in [6, 6.07) is 2.39. The Hall–Kier alpha value is -3.10. The fourth-order valence-electron chi connectivity index (χ4n) is 1.73. The highest BCUT2D eigenvalue weighted by atomic mass is 16.6. The van der Waals surface area contributed by atoms with Gasteiger partial charge in [0.05, 0.1) is 45.0 Å². The fourth-order valence-corrected chi connectivity index (χ4v) is 1.73. The average Bonchev–Trinajstić information content (AvgIpc) is 2.57. The predicted molar refractivity (Wildman–Crippen MR) is 78.2 cm³/mol. The molecule has 9 heteroatoms. The van der Waals surface area contributed by atoms with Gasteiger partial charge in [-0.15, -0.1) is 0 Å². The molecule has 0 saturated carbocycles. The van der Waals surface area contributed by atoms with Gasteiger partial charge in [-0.05, 0) is 12.1 Å². The summed E-state index contributed by atoms with van der Waals surface area (Å²) in [5.41, 5.74) is -0.920. The van der Waals surface area contributed by atoms with Crippen LogP contribution in [0.15, 0.2) is 17.7 Å². The Balaban J connectivity index is 3.60. The molecule has 1 rings (SSSR count). The third-order valence-electron chi connectivity index (χ3n) is 2.84. The zero-order valence-corrected chi connectivity index (χ0v) is 12.9. The first-order chi connectivity index (χ1) is 10.9. The number of nitrogens with zero attached hydrogens (tertiary/aromatic N) is 1. The summed E-state index contributed by atoms with van der Waals surface area (Å²) >= 11 is 0. The van der Waals surface area contributed by atoms with E-state index in [9.17, 15) is 19.7 Å². The maximum atomic E-state index is 11.7. The Morgan fingerprint density at radius 2 is 1.48 bits per heavy atom. The molecular formula is C14H15NO8. The standard InChI is InChI=1S/C14H15NO8/c1-20-11-6-8(10(15(18)19)7-12(11)21-2)5-9(13(16)22-3)14(17)23-4/h5-7H,1-4H3. The third kappa shape index (κ3) is 3.96. The number of ether oxygens (including phenoxy) is 4. The minimum absolute atomic E-state index is 0.0431. The molecule has 0 spiro atoms. The van der Waals surface area contributed by atoms with Gasteiger partial charge in [-0.25, -0.2) is 9.59 Å². The average molecular weight is 325 g/mol. The number of rotatable bonds is 6. The van der Waals surface area contributed by atoms with Gasteiger partial charge in [0.2, 0.25) is 0 Å². The highest BCUT2D eigenvalue weighted by Gasteiger charge is 2.24. The van der Waals surface area contributed by atoms with E-state index in [2.05, 4.69) is 9.47 Å². The van der Waals surface area contributed by atoms with Crippen LogP contribution >= 0.6 is 0 Å².